The molecule has 0 aliphatic heterocycles. The van der Waals surface area contributed by atoms with Crippen LogP contribution in [-0.2, 0) is 6.42 Å². The van der Waals surface area contributed by atoms with Gasteiger partial charge in [-0.25, -0.2) is 4.39 Å². The van der Waals surface area contributed by atoms with E-state index in [1.54, 1.807) is 18.2 Å². The van der Waals surface area contributed by atoms with E-state index in [9.17, 15) is 4.39 Å². The summed E-state index contributed by atoms with van der Waals surface area (Å²) in [5.41, 5.74) is 9.92. The number of nitrogens with two attached hydrogens (primary N) is 2. The smallest absolute Gasteiger partial charge is 0.139 e. The predicted molar refractivity (Wildman–Crippen MR) is 57.1 cm³/mol. The van der Waals surface area contributed by atoms with Crippen LogP contribution in [0.5, 0.6) is 0 Å². The second-order valence-electron chi connectivity index (χ2n) is 3.37. The van der Waals surface area contributed by atoms with E-state index in [-0.39, 0.29) is 19.5 Å². The zero-order chi connectivity index (χ0) is 10.6. The minimum Gasteiger partial charge on any atom is -0.327 e. The van der Waals surface area contributed by atoms with Crippen LogP contribution in [0, 0.1) is 0 Å². The fraction of sp³-hybridized carbons (Fsp3) is 0.400. The third kappa shape index (κ3) is 2.94. The first-order valence-corrected chi connectivity index (χ1v) is 4.81. The first-order chi connectivity index (χ1) is 6.59. The Kier molecular flexibility index (Phi) is 3.86. The summed E-state index contributed by atoms with van der Waals surface area (Å²) in [4.78, 5) is 0. The van der Waals surface area contributed by atoms with Gasteiger partial charge in [0.15, 0.2) is 0 Å². The summed E-state index contributed by atoms with van der Waals surface area (Å²) in [6.07, 6.45) is 0.209. The number of halogens is 2. The molecule has 0 unspecified atom stereocenters. The Bertz CT molecular complexity index is 300. The van der Waals surface area contributed by atoms with Crippen molar-refractivity contribution in [3.8, 4) is 0 Å². The molecule has 4 N–H and O–H groups in total. The highest BCUT2D eigenvalue weighted by Gasteiger charge is 2.26. The number of benzene rings is 1. The van der Waals surface area contributed by atoms with Gasteiger partial charge in [0.2, 0.25) is 0 Å². The van der Waals surface area contributed by atoms with Gasteiger partial charge in [0.25, 0.3) is 0 Å². The van der Waals surface area contributed by atoms with Gasteiger partial charge in [-0.3, -0.25) is 0 Å². The van der Waals surface area contributed by atoms with E-state index in [0.29, 0.717) is 5.02 Å². The molecule has 0 bridgehead atoms. The Morgan fingerprint density at radius 3 is 2.43 bits per heavy atom. The van der Waals surface area contributed by atoms with E-state index < -0.39 is 5.67 Å². The molecule has 0 aromatic heterocycles. The van der Waals surface area contributed by atoms with Crippen LogP contribution in [0.3, 0.4) is 0 Å². The van der Waals surface area contributed by atoms with Crippen LogP contribution in [0.1, 0.15) is 5.56 Å². The van der Waals surface area contributed by atoms with Crippen molar-refractivity contribution in [2.45, 2.75) is 12.1 Å². The Morgan fingerprint density at radius 1 is 1.29 bits per heavy atom. The summed E-state index contributed by atoms with van der Waals surface area (Å²) < 4.78 is 13.8. The Labute approximate surface area is 88.0 Å². The molecule has 78 valence electrons. The first-order valence-electron chi connectivity index (χ1n) is 4.43. The summed E-state index contributed by atoms with van der Waals surface area (Å²) in [7, 11) is 0. The van der Waals surface area contributed by atoms with Gasteiger partial charge in [0.05, 0.1) is 0 Å². The monoisotopic (exact) mass is 216 g/mol. The van der Waals surface area contributed by atoms with Gasteiger partial charge in [-0.1, -0.05) is 23.7 Å². The molecular formula is C10H14ClFN2. The molecule has 1 aromatic carbocycles. The highest BCUT2D eigenvalue weighted by Crippen LogP contribution is 2.18. The highest BCUT2D eigenvalue weighted by atomic mass is 35.5. The van der Waals surface area contributed by atoms with Crippen molar-refractivity contribution in [1.82, 2.24) is 0 Å². The van der Waals surface area contributed by atoms with Crippen molar-refractivity contribution in [3.63, 3.8) is 0 Å². The third-order valence-corrected chi connectivity index (χ3v) is 2.38. The molecule has 2 nitrogen and oxygen atoms in total. The molecule has 0 atom stereocenters. The van der Waals surface area contributed by atoms with Gasteiger partial charge in [-0.05, 0) is 17.7 Å². The Morgan fingerprint density at radius 2 is 1.93 bits per heavy atom. The quantitative estimate of drug-likeness (QED) is 0.802. The van der Waals surface area contributed by atoms with Crippen LogP contribution in [0.15, 0.2) is 24.3 Å². The van der Waals surface area contributed by atoms with E-state index in [2.05, 4.69) is 0 Å². The summed E-state index contributed by atoms with van der Waals surface area (Å²) in [5.74, 6) is 0. The molecule has 0 aliphatic carbocycles. The largest absolute Gasteiger partial charge is 0.327 e. The van der Waals surface area contributed by atoms with Crippen molar-refractivity contribution >= 4 is 11.6 Å². The zero-order valence-electron chi connectivity index (χ0n) is 7.84. The van der Waals surface area contributed by atoms with E-state index in [0.717, 1.165) is 5.56 Å². The summed E-state index contributed by atoms with van der Waals surface area (Å²) >= 11 is 5.78. The summed E-state index contributed by atoms with van der Waals surface area (Å²) in [6.45, 7) is -0.147. The molecule has 0 fully saturated rings. The van der Waals surface area contributed by atoms with Crippen LogP contribution in [-0.4, -0.2) is 18.8 Å². The fourth-order valence-electron chi connectivity index (χ4n) is 1.24. The van der Waals surface area contributed by atoms with Crippen LogP contribution in [0.2, 0.25) is 5.02 Å². The average Bonchev–Trinajstić information content (AvgIpc) is 2.18. The van der Waals surface area contributed by atoms with Crippen molar-refractivity contribution < 1.29 is 4.39 Å². The molecule has 0 saturated carbocycles. The van der Waals surface area contributed by atoms with Gasteiger partial charge in [0, 0.05) is 24.5 Å². The maximum absolute atomic E-state index is 13.8. The second kappa shape index (κ2) is 4.73. The second-order valence-corrected chi connectivity index (χ2v) is 3.80. The molecule has 1 aromatic rings. The normalized spacial score (nSPS) is 11.7. The molecule has 14 heavy (non-hydrogen) atoms. The SMILES string of the molecule is NCC(F)(CN)Cc1cccc(Cl)c1. The lowest BCUT2D eigenvalue weighted by molar-refractivity contribution is 0.184. The van der Waals surface area contributed by atoms with Gasteiger partial charge < -0.3 is 11.5 Å². The van der Waals surface area contributed by atoms with E-state index in [4.69, 9.17) is 23.1 Å². The topological polar surface area (TPSA) is 52.0 Å². The van der Waals surface area contributed by atoms with Crippen molar-refractivity contribution in [2.24, 2.45) is 11.5 Å². The predicted octanol–water partition coefficient (Wildman–Crippen LogP) is 1.51. The fourth-order valence-corrected chi connectivity index (χ4v) is 1.45. The Hall–Kier alpha value is -0.640. The highest BCUT2D eigenvalue weighted by molar-refractivity contribution is 6.30. The first kappa shape index (κ1) is 11.4. The molecule has 0 amide bonds. The minimum absolute atomic E-state index is 0.0734. The van der Waals surface area contributed by atoms with E-state index in [1.165, 1.54) is 0 Å². The number of rotatable bonds is 4. The van der Waals surface area contributed by atoms with Gasteiger partial charge in [0.1, 0.15) is 5.67 Å². The summed E-state index contributed by atoms with van der Waals surface area (Å²) in [6, 6.07) is 7.06. The number of hydrogen-bond donors (Lipinski definition) is 2. The molecule has 0 heterocycles. The molecule has 0 saturated heterocycles. The number of alkyl halides is 1. The van der Waals surface area contributed by atoms with E-state index in [1.807, 2.05) is 6.07 Å². The lowest BCUT2D eigenvalue weighted by atomic mass is 9.96. The van der Waals surface area contributed by atoms with Crippen molar-refractivity contribution in [1.29, 1.82) is 0 Å². The Balaban J connectivity index is 2.77. The van der Waals surface area contributed by atoms with Gasteiger partial charge >= 0.3 is 0 Å². The maximum atomic E-state index is 13.8. The molecule has 0 aliphatic rings. The van der Waals surface area contributed by atoms with Crippen LogP contribution >= 0.6 is 11.6 Å². The minimum atomic E-state index is -1.52. The maximum Gasteiger partial charge on any atom is 0.139 e. The standard InChI is InChI=1S/C10H14ClFN2/c11-9-3-1-2-8(4-9)5-10(12,6-13)7-14/h1-4H,5-7,13-14H2. The molecule has 4 heteroatoms. The lowest BCUT2D eigenvalue weighted by Gasteiger charge is -2.21. The molecule has 0 radical (unpaired) electrons. The van der Waals surface area contributed by atoms with Crippen LogP contribution in [0.25, 0.3) is 0 Å². The zero-order valence-corrected chi connectivity index (χ0v) is 8.60. The summed E-state index contributed by atoms with van der Waals surface area (Å²) in [5, 5.41) is 0.596. The van der Waals surface area contributed by atoms with Crippen LogP contribution in [0.4, 0.5) is 4.39 Å². The molecule has 0 spiro atoms. The number of hydrogen-bond acceptors (Lipinski definition) is 2. The molecule has 1 rings (SSSR count). The van der Waals surface area contributed by atoms with Gasteiger partial charge in [-0.15, -0.1) is 0 Å². The third-order valence-electron chi connectivity index (χ3n) is 2.14. The lowest BCUT2D eigenvalue weighted by Crippen LogP contribution is -2.42. The molecular weight excluding hydrogens is 203 g/mol. The average molecular weight is 217 g/mol. The van der Waals surface area contributed by atoms with E-state index >= 15 is 0 Å². The van der Waals surface area contributed by atoms with Gasteiger partial charge in [-0.2, -0.15) is 0 Å². The van der Waals surface area contributed by atoms with Crippen molar-refractivity contribution in [2.75, 3.05) is 13.1 Å². The van der Waals surface area contributed by atoms with Crippen molar-refractivity contribution in [3.05, 3.63) is 34.9 Å². The van der Waals surface area contributed by atoms with Crippen LogP contribution < -0.4 is 11.5 Å².